The minimum Gasteiger partial charge on any atom is -0.349 e. The maximum absolute atomic E-state index is 12.1. The number of hydrogen-bond acceptors (Lipinski definition) is 1. The third-order valence-corrected chi connectivity index (χ3v) is 2.67. The number of alkyl halides is 3. The summed E-state index contributed by atoms with van der Waals surface area (Å²) in [7, 11) is 0. The highest BCUT2D eigenvalue weighted by Crippen LogP contribution is 2.21. The van der Waals surface area contributed by atoms with Crippen LogP contribution in [-0.2, 0) is 0 Å². The van der Waals surface area contributed by atoms with E-state index in [2.05, 4.69) is 5.32 Å². The van der Waals surface area contributed by atoms with Crippen LogP contribution < -0.4 is 5.32 Å². The first kappa shape index (κ1) is 14.3. The summed E-state index contributed by atoms with van der Waals surface area (Å²) in [5.41, 5.74) is 0.367. The van der Waals surface area contributed by atoms with E-state index >= 15 is 0 Å². The van der Waals surface area contributed by atoms with Gasteiger partial charge in [0.1, 0.15) is 0 Å². The van der Waals surface area contributed by atoms with Gasteiger partial charge in [0.25, 0.3) is 5.91 Å². The van der Waals surface area contributed by atoms with E-state index in [0.29, 0.717) is 5.56 Å². The first-order valence-corrected chi connectivity index (χ1v) is 5.99. The maximum atomic E-state index is 12.1. The number of nitrogens with one attached hydrogen (secondary N) is 1. The third-order valence-electron chi connectivity index (χ3n) is 2.00. The molecule has 0 aliphatic rings. The van der Waals surface area contributed by atoms with Crippen LogP contribution in [0.2, 0.25) is 0 Å². The number of benzene rings is 1. The van der Waals surface area contributed by atoms with Crippen molar-refractivity contribution in [3.63, 3.8) is 0 Å². The zero-order chi connectivity index (χ0) is 13.1. The van der Waals surface area contributed by atoms with Crippen LogP contribution in [0, 0.1) is 3.57 Å². The average Bonchev–Trinajstić information content (AvgIpc) is 2.14. The van der Waals surface area contributed by atoms with Crippen molar-refractivity contribution in [3.8, 4) is 0 Å². The molecule has 0 saturated carbocycles. The zero-order valence-electron chi connectivity index (χ0n) is 9.01. The van der Waals surface area contributed by atoms with E-state index in [0.717, 1.165) is 3.57 Å². The van der Waals surface area contributed by atoms with Gasteiger partial charge in [-0.25, -0.2) is 0 Å². The molecule has 2 nitrogen and oxygen atoms in total. The van der Waals surface area contributed by atoms with E-state index in [4.69, 9.17) is 0 Å². The van der Waals surface area contributed by atoms with E-state index in [-0.39, 0.29) is 0 Å². The van der Waals surface area contributed by atoms with E-state index in [9.17, 15) is 18.0 Å². The highest BCUT2D eigenvalue weighted by atomic mass is 127. The summed E-state index contributed by atoms with van der Waals surface area (Å²) < 4.78 is 37.1. The van der Waals surface area contributed by atoms with Gasteiger partial charge >= 0.3 is 6.18 Å². The summed E-state index contributed by atoms with van der Waals surface area (Å²) >= 11 is 2.03. The number of carbonyl (C=O) groups excluding carboxylic acids is 1. The van der Waals surface area contributed by atoms with Crippen LogP contribution in [0.4, 0.5) is 13.2 Å². The molecule has 0 radical (unpaired) electrons. The number of amides is 1. The van der Waals surface area contributed by atoms with Crippen LogP contribution in [0.15, 0.2) is 24.3 Å². The second kappa shape index (κ2) is 5.70. The van der Waals surface area contributed by atoms with Gasteiger partial charge < -0.3 is 5.32 Å². The fraction of sp³-hybridized carbons (Fsp3) is 0.364. The molecular weight excluding hydrogens is 346 g/mol. The van der Waals surface area contributed by atoms with Crippen molar-refractivity contribution in [1.29, 1.82) is 0 Å². The van der Waals surface area contributed by atoms with Gasteiger partial charge in [-0.2, -0.15) is 13.2 Å². The summed E-state index contributed by atoms with van der Waals surface area (Å²) in [6, 6.07) is 5.75. The Hall–Kier alpha value is -0.790. The van der Waals surface area contributed by atoms with Gasteiger partial charge in [0.2, 0.25) is 0 Å². The first-order valence-electron chi connectivity index (χ1n) is 4.91. The van der Waals surface area contributed by atoms with Crippen LogP contribution >= 0.6 is 22.6 Å². The third kappa shape index (κ3) is 5.38. The molecule has 17 heavy (non-hydrogen) atoms. The van der Waals surface area contributed by atoms with E-state index in [1.54, 1.807) is 24.3 Å². The molecule has 0 fully saturated rings. The number of rotatable bonds is 3. The molecular formula is C11H11F3INO. The van der Waals surface area contributed by atoms with Gasteiger partial charge in [0.15, 0.2) is 0 Å². The number of halogens is 4. The number of hydrogen-bond donors (Lipinski definition) is 1. The van der Waals surface area contributed by atoms with Crippen molar-refractivity contribution < 1.29 is 18.0 Å². The lowest BCUT2D eigenvalue weighted by Crippen LogP contribution is -2.35. The standard InChI is InChI=1S/C11H11F3INO/c1-7(6-11(12,13)14)16-10(17)8-3-2-4-9(15)5-8/h2-5,7H,6H2,1H3,(H,16,17). The Morgan fingerprint density at radius 2 is 2.12 bits per heavy atom. The van der Waals surface area contributed by atoms with Crippen molar-refractivity contribution in [3.05, 3.63) is 33.4 Å². The Balaban J connectivity index is 2.61. The fourth-order valence-corrected chi connectivity index (χ4v) is 1.88. The van der Waals surface area contributed by atoms with Crippen LogP contribution in [0.25, 0.3) is 0 Å². The fourth-order valence-electron chi connectivity index (χ4n) is 1.34. The minimum absolute atomic E-state index is 0.367. The highest BCUT2D eigenvalue weighted by Gasteiger charge is 2.30. The van der Waals surface area contributed by atoms with E-state index in [1.807, 2.05) is 22.6 Å². The van der Waals surface area contributed by atoms with E-state index < -0.39 is 24.5 Å². The normalized spacial score (nSPS) is 13.2. The molecule has 0 bridgehead atoms. The summed E-state index contributed by atoms with van der Waals surface area (Å²) in [5.74, 6) is -0.486. The van der Waals surface area contributed by atoms with Crippen molar-refractivity contribution in [1.82, 2.24) is 5.32 Å². The van der Waals surface area contributed by atoms with Crippen molar-refractivity contribution >= 4 is 28.5 Å². The van der Waals surface area contributed by atoms with Gasteiger partial charge in [0.05, 0.1) is 6.42 Å². The molecule has 0 aliphatic carbocycles. The van der Waals surface area contributed by atoms with Crippen LogP contribution in [-0.4, -0.2) is 18.1 Å². The predicted molar refractivity (Wildman–Crippen MR) is 66.8 cm³/mol. The minimum atomic E-state index is -4.27. The molecule has 1 rings (SSSR count). The molecule has 1 atom stereocenters. The average molecular weight is 357 g/mol. The quantitative estimate of drug-likeness (QED) is 0.826. The van der Waals surface area contributed by atoms with E-state index in [1.165, 1.54) is 6.92 Å². The molecule has 1 aromatic carbocycles. The number of carbonyl (C=O) groups is 1. The zero-order valence-corrected chi connectivity index (χ0v) is 11.2. The van der Waals surface area contributed by atoms with Crippen LogP contribution in [0.5, 0.6) is 0 Å². The monoisotopic (exact) mass is 357 g/mol. The Bertz CT molecular complexity index is 406. The van der Waals surface area contributed by atoms with Crippen LogP contribution in [0.3, 0.4) is 0 Å². The summed E-state index contributed by atoms with van der Waals surface area (Å²) in [5, 5.41) is 2.32. The second-order valence-corrected chi connectivity index (χ2v) is 4.95. The molecule has 1 unspecified atom stereocenters. The summed E-state index contributed by atoms with van der Waals surface area (Å²) in [6.45, 7) is 1.33. The van der Waals surface area contributed by atoms with Crippen molar-refractivity contribution in [2.75, 3.05) is 0 Å². The van der Waals surface area contributed by atoms with Gasteiger partial charge in [-0.05, 0) is 47.7 Å². The lowest BCUT2D eigenvalue weighted by Gasteiger charge is -2.15. The maximum Gasteiger partial charge on any atom is 0.391 e. The molecule has 1 amide bonds. The largest absolute Gasteiger partial charge is 0.391 e. The predicted octanol–water partition coefficient (Wildman–Crippen LogP) is 3.36. The molecule has 0 spiro atoms. The second-order valence-electron chi connectivity index (χ2n) is 3.70. The molecule has 1 N–H and O–H groups in total. The lowest BCUT2D eigenvalue weighted by atomic mass is 10.2. The molecule has 94 valence electrons. The molecule has 1 aromatic rings. The topological polar surface area (TPSA) is 29.1 Å². The molecule has 0 heterocycles. The Labute approximate surface area is 111 Å². The van der Waals surface area contributed by atoms with Gasteiger partial charge in [0, 0.05) is 15.2 Å². The lowest BCUT2D eigenvalue weighted by molar-refractivity contribution is -0.138. The van der Waals surface area contributed by atoms with Gasteiger partial charge in [-0.3, -0.25) is 4.79 Å². The van der Waals surface area contributed by atoms with Crippen LogP contribution in [0.1, 0.15) is 23.7 Å². The molecule has 6 heteroatoms. The van der Waals surface area contributed by atoms with Gasteiger partial charge in [-0.1, -0.05) is 6.07 Å². The molecule has 0 aliphatic heterocycles. The highest BCUT2D eigenvalue weighted by molar-refractivity contribution is 14.1. The summed E-state index contributed by atoms with van der Waals surface area (Å²) in [4.78, 5) is 11.6. The Morgan fingerprint density at radius 1 is 1.47 bits per heavy atom. The van der Waals surface area contributed by atoms with Crippen molar-refractivity contribution in [2.45, 2.75) is 25.6 Å². The molecule has 0 aromatic heterocycles. The smallest absolute Gasteiger partial charge is 0.349 e. The first-order chi connectivity index (χ1) is 7.78. The van der Waals surface area contributed by atoms with Crippen molar-refractivity contribution in [2.24, 2.45) is 0 Å². The summed E-state index contributed by atoms with van der Waals surface area (Å²) in [6.07, 6.45) is -5.29. The Kier molecular flexibility index (Phi) is 4.79. The Morgan fingerprint density at radius 3 is 2.65 bits per heavy atom. The molecule has 0 saturated heterocycles. The van der Waals surface area contributed by atoms with Gasteiger partial charge in [-0.15, -0.1) is 0 Å². The SMILES string of the molecule is CC(CC(F)(F)F)NC(=O)c1cccc(I)c1.